The minimum Gasteiger partial charge on any atom is -0.390 e. The van der Waals surface area contributed by atoms with Gasteiger partial charge in [-0.05, 0) is 30.8 Å². The average molecular weight is 329 g/mol. The van der Waals surface area contributed by atoms with Crippen molar-refractivity contribution in [1.29, 1.82) is 0 Å². The van der Waals surface area contributed by atoms with Gasteiger partial charge in [0.15, 0.2) is 17.3 Å². The van der Waals surface area contributed by atoms with Crippen LogP contribution in [0.5, 0.6) is 0 Å². The quantitative estimate of drug-likeness (QED) is 0.718. The molecule has 7 heteroatoms. The molecule has 0 bridgehead atoms. The Labute approximate surface area is 140 Å². The van der Waals surface area contributed by atoms with Crippen LogP contribution >= 0.6 is 0 Å². The van der Waals surface area contributed by atoms with Gasteiger partial charge in [0.05, 0.1) is 18.5 Å². The summed E-state index contributed by atoms with van der Waals surface area (Å²) in [5.74, 6) is 1.37. The molecule has 4 rings (SSSR count). The number of fused-ring (bicyclic) bond motifs is 2. The number of nitrogen functional groups attached to an aromatic ring is 1. The molecule has 2 aliphatic rings. The number of rotatable bonds is 5. The lowest BCUT2D eigenvalue weighted by Crippen LogP contribution is -2.31. The summed E-state index contributed by atoms with van der Waals surface area (Å²) in [6, 6.07) is -0.193. The second-order valence-electron chi connectivity index (χ2n) is 6.87. The molecule has 0 aliphatic heterocycles. The largest absolute Gasteiger partial charge is 0.390 e. The Hall–Kier alpha value is -1.99. The molecule has 0 radical (unpaired) electrons. The number of aliphatic hydroxyl groups excluding tert-OH is 2. The lowest BCUT2D eigenvalue weighted by atomic mass is 10.1. The van der Waals surface area contributed by atoms with Gasteiger partial charge in [-0.1, -0.05) is 25.8 Å². The van der Waals surface area contributed by atoms with Gasteiger partial charge in [-0.2, -0.15) is 0 Å². The van der Waals surface area contributed by atoms with Gasteiger partial charge in [0, 0.05) is 0 Å². The molecule has 0 amide bonds. The first-order valence-corrected chi connectivity index (χ1v) is 8.64. The van der Waals surface area contributed by atoms with Gasteiger partial charge < -0.3 is 20.5 Å². The van der Waals surface area contributed by atoms with E-state index in [-0.39, 0.29) is 17.9 Å². The van der Waals surface area contributed by atoms with Crippen molar-refractivity contribution in [2.75, 3.05) is 5.73 Å². The van der Waals surface area contributed by atoms with Gasteiger partial charge >= 0.3 is 0 Å². The third-order valence-electron chi connectivity index (χ3n) is 5.25. The highest BCUT2D eigenvalue weighted by Crippen LogP contribution is 2.57. The van der Waals surface area contributed by atoms with Gasteiger partial charge in [-0.15, -0.1) is 0 Å². The molecule has 0 spiro atoms. The van der Waals surface area contributed by atoms with Crippen LogP contribution in [0.4, 0.5) is 5.82 Å². The predicted molar refractivity (Wildman–Crippen MR) is 90.9 cm³/mol. The Kier molecular flexibility index (Phi) is 3.77. The molecule has 7 nitrogen and oxygen atoms in total. The third kappa shape index (κ3) is 2.39. The van der Waals surface area contributed by atoms with E-state index in [0.717, 1.165) is 25.7 Å². The van der Waals surface area contributed by atoms with Crippen molar-refractivity contribution in [3.8, 4) is 0 Å². The number of aliphatic hydroxyl groups is 2. The number of unbranched alkanes of at least 4 members (excludes halogenated alkanes) is 2. The number of imidazole rings is 1. The van der Waals surface area contributed by atoms with E-state index in [2.05, 4.69) is 28.0 Å². The van der Waals surface area contributed by atoms with Crippen molar-refractivity contribution in [1.82, 2.24) is 19.5 Å². The molecule has 4 N–H and O–H groups in total. The smallest absolute Gasteiger partial charge is 0.166 e. The van der Waals surface area contributed by atoms with E-state index >= 15 is 0 Å². The summed E-state index contributed by atoms with van der Waals surface area (Å²) in [5.41, 5.74) is 7.21. The average Bonchev–Trinajstić information content (AvgIpc) is 3.16. The van der Waals surface area contributed by atoms with Crippen LogP contribution in [0.3, 0.4) is 0 Å². The maximum absolute atomic E-state index is 10.3. The van der Waals surface area contributed by atoms with Crippen molar-refractivity contribution in [3.63, 3.8) is 0 Å². The maximum atomic E-state index is 10.3. The fraction of sp³-hybridized carbons (Fsp3) is 0.588. The van der Waals surface area contributed by atoms with Crippen LogP contribution in [0.2, 0.25) is 0 Å². The second-order valence-corrected chi connectivity index (χ2v) is 6.87. The summed E-state index contributed by atoms with van der Waals surface area (Å²) < 4.78 is 1.86. The van der Waals surface area contributed by atoms with E-state index in [1.165, 1.54) is 0 Å². The summed E-state index contributed by atoms with van der Waals surface area (Å²) in [6.45, 7) is 2.15. The predicted octanol–water partition coefficient (Wildman–Crippen LogP) is 1.52. The Morgan fingerprint density at radius 1 is 1.29 bits per heavy atom. The molecule has 2 heterocycles. The normalized spacial score (nSPS) is 31.9. The number of aromatic nitrogens is 4. The molecular weight excluding hydrogens is 306 g/mol. The zero-order valence-corrected chi connectivity index (χ0v) is 13.7. The minimum atomic E-state index is -0.786. The number of anilines is 1. The molecule has 24 heavy (non-hydrogen) atoms. The van der Waals surface area contributed by atoms with Gasteiger partial charge in [0.2, 0.25) is 0 Å². The highest BCUT2D eigenvalue weighted by Gasteiger charge is 2.60. The van der Waals surface area contributed by atoms with Crippen LogP contribution < -0.4 is 5.73 Å². The summed E-state index contributed by atoms with van der Waals surface area (Å²) in [5, 5.41) is 20.4. The Morgan fingerprint density at radius 2 is 2.12 bits per heavy atom. The molecule has 5 atom stereocenters. The van der Waals surface area contributed by atoms with Crippen LogP contribution in [-0.4, -0.2) is 41.9 Å². The first-order chi connectivity index (χ1) is 11.6. The molecule has 2 fully saturated rings. The molecule has 0 aromatic carbocycles. The Balaban J connectivity index is 1.70. The summed E-state index contributed by atoms with van der Waals surface area (Å²) in [6.07, 6.45) is 8.32. The molecule has 2 aliphatic carbocycles. The lowest BCUT2D eigenvalue weighted by molar-refractivity contribution is 0.00386. The highest BCUT2D eigenvalue weighted by atomic mass is 16.3. The van der Waals surface area contributed by atoms with Crippen molar-refractivity contribution >= 4 is 23.1 Å². The van der Waals surface area contributed by atoms with Crippen LogP contribution in [0.15, 0.2) is 12.4 Å². The van der Waals surface area contributed by atoms with Crippen LogP contribution in [-0.2, 0) is 0 Å². The first kappa shape index (κ1) is 15.5. The van der Waals surface area contributed by atoms with Crippen LogP contribution in [0.1, 0.15) is 44.5 Å². The van der Waals surface area contributed by atoms with Gasteiger partial charge in [-0.25, -0.2) is 15.0 Å². The fourth-order valence-corrected chi connectivity index (χ4v) is 3.86. The Bertz CT molecular complexity index is 787. The van der Waals surface area contributed by atoms with Gasteiger partial charge in [0.25, 0.3) is 0 Å². The molecule has 2 aromatic heterocycles. The molecule has 128 valence electrons. The monoisotopic (exact) mass is 329 g/mol. The fourth-order valence-electron chi connectivity index (χ4n) is 3.86. The van der Waals surface area contributed by atoms with E-state index in [0.29, 0.717) is 22.8 Å². The van der Waals surface area contributed by atoms with E-state index in [1.807, 2.05) is 10.6 Å². The van der Waals surface area contributed by atoms with Gasteiger partial charge in [-0.3, -0.25) is 0 Å². The van der Waals surface area contributed by atoms with Crippen molar-refractivity contribution in [3.05, 3.63) is 18.2 Å². The topological polar surface area (TPSA) is 110 Å². The van der Waals surface area contributed by atoms with E-state index in [9.17, 15) is 10.2 Å². The van der Waals surface area contributed by atoms with E-state index < -0.39 is 12.2 Å². The lowest BCUT2D eigenvalue weighted by Gasteiger charge is -2.22. The molecule has 2 aromatic rings. The number of hydrogen-bond acceptors (Lipinski definition) is 6. The van der Waals surface area contributed by atoms with Crippen molar-refractivity contribution in [2.24, 2.45) is 11.8 Å². The minimum absolute atomic E-state index is 0.190. The molecule has 0 saturated heterocycles. The van der Waals surface area contributed by atoms with Crippen molar-refractivity contribution < 1.29 is 10.2 Å². The number of nitrogens with zero attached hydrogens (tertiary/aromatic N) is 4. The molecule has 2 saturated carbocycles. The van der Waals surface area contributed by atoms with Crippen LogP contribution in [0, 0.1) is 11.8 Å². The molecular formula is C17H23N5O2. The van der Waals surface area contributed by atoms with Gasteiger partial charge in [0.1, 0.15) is 11.6 Å². The summed E-state index contributed by atoms with van der Waals surface area (Å²) in [7, 11) is 0. The van der Waals surface area contributed by atoms with E-state index in [4.69, 9.17) is 5.73 Å². The zero-order valence-electron chi connectivity index (χ0n) is 13.7. The zero-order chi connectivity index (χ0) is 16.8. The van der Waals surface area contributed by atoms with Crippen molar-refractivity contribution in [2.45, 2.75) is 50.9 Å². The summed E-state index contributed by atoms with van der Waals surface area (Å²) in [4.78, 5) is 13.2. The van der Waals surface area contributed by atoms with E-state index in [1.54, 1.807) is 6.33 Å². The standard InChI is InChI=1S/C17H23N5O2/c1-2-3-4-5-6-11-20-16(18)12-17(21-11)22(8-19-12)13-9-7-10(9)14(23)15(13)24/h5-6,8-10,13-15,23-24H,2-4,7H2,1H3,(H2,18,20,21)/b6-5+/t9-,10+,13+,14+,15-/m0/s1. The highest BCUT2D eigenvalue weighted by molar-refractivity contribution is 5.82. The molecule has 0 unspecified atom stereocenters. The number of hydrogen-bond donors (Lipinski definition) is 3. The number of allylic oxidation sites excluding steroid dienone is 1. The summed E-state index contributed by atoms with van der Waals surface area (Å²) >= 11 is 0. The number of nitrogens with two attached hydrogens (primary N) is 1. The Morgan fingerprint density at radius 3 is 2.83 bits per heavy atom. The maximum Gasteiger partial charge on any atom is 0.166 e. The third-order valence-corrected chi connectivity index (χ3v) is 5.25. The second kappa shape index (κ2) is 5.82. The first-order valence-electron chi connectivity index (χ1n) is 8.64. The van der Waals surface area contributed by atoms with Crippen LogP contribution in [0.25, 0.3) is 17.2 Å². The SMILES string of the molecule is CCCC/C=C/c1nc(N)c2ncn([C@H]3[C@H](O)[C@H](O)[C@@H]4C[C@@H]43)c2n1.